The molecule has 0 bridgehead atoms. The normalized spacial score (nSPS) is 26.8. The van der Waals surface area contributed by atoms with Gasteiger partial charge in [0.25, 0.3) is 0 Å². The number of fused-ring (bicyclic) bond motifs is 1. The third kappa shape index (κ3) is 2.54. The van der Waals surface area contributed by atoms with Crippen LogP contribution in [0.5, 0.6) is 0 Å². The number of hydrogen-bond donors (Lipinski definition) is 1. The van der Waals surface area contributed by atoms with Crippen molar-refractivity contribution in [3.8, 4) is 0 Å². The third-order valence-corrected chi connectivity index (χ3v) is 4.00. The van der Waals surface area contributed by atoms with E-state index in [2.05, 4.69) is 31.0 Å². The number of rotatable bonds is 2. The van der Waals surface area contributed by atoms with Gasteiger partial charge in [0.2, 0.25) is 5.91 Å². The van der Waals surface area contributed by atoms with Crippen LogP contribution in [0.1, 0.15) is 46.5 Å². The van der Waals surface area contributed by atoms with Gasteiger partial charge in [0.15, 0.2) is 0 Å². The van der Waals surface area contributed by atoms with Gasteiger partial charge in [-0.3, -0.25) is 9.69 Å². The Balaban J connectivity index is 2.27. The van der Waals surface area contributed by atoms with Gasteiger partial charge in [0, 0.05) is 12.2 Å². The Bertz CT molecular complexity index is 333. The predicted molar refractivity (Wildman–Crippen MR) is 69.5 cm³/mol. The first kappa shape index (κ1) is 12.6. The maximum atomic E-state index is 12.2. The van der Waals surface area contributed by atoms with Crippen LogP contribution in [-0.2, 0) is 4.79 Å². The SMILES string of the molecule is CCC1=C(C(C)C)CN2CCCC[C@H]2C(=O)N1. The van der Waals surface area contributed by atoms with Crippen molar-refractivity contribution in [2.24, 2.45) is 5.92 Å². The van der Waals surface area contributed by atoms with E-state index in [1.807, 2.05) is 0 Å². The van der Waals surface area contributed by atoms with E-state index in [0.717, 1.165) is 25.9 Å². The number of amides is 1. The molecule has 1 N–H and O–H groups in total. The van der Waals surface area contributed by atoms with E-state index in [-0.39, 0.29) is 11.9 Å². The molecule has 1 fully saturated rings. The van der Waals surface area contributed by atoms with Gasteiger partial charge >= 0.3 is 0 Å². The van der Waals surface area contributed by atoms with E-state index in [4.69, 9.17) is 0 Å². The zero-order valence-corrected chi connectivity index (χ0v) is 11.3. The lowest BCUT2D eigenvalue weighted by atomic mass is 9.97. The summed E-state index contributed by atoms with van der Waals surface area (Å²) in [5, 5.41) is 3.16. The summed E-state index contributed by atoms with van der Waals surface area (Å²) in [4.78, 5) is 14.6. The first-order valence-electron chi connectivity index (χ1n) is 6.90. The molecule has 0 unspecified atom stereocenters. The first-order chi connectivity index (χ1) is 8.13. The van der Waals surface area contributed by atoms with E-state index in [1.165, 1.54) is 24.1 Å². The summed E-state index contributed by atoms with van der Waals surface area (Å²) in [6.07, 6.45) is 4.37. The van der Waals surface area contributed by atoms with Crippen LogP contribution >= 0.6 is 0 Å². The van der Waals surface area contributed by atoms with Crippen LogP contribution in [0.15, 0.2) is 11.3 Å². The maximum Gasteiger partial charge on any atom is 0.241 e. The fraction of sp³-hybridized carbons (Fsp3) is 0.786. The second kappa shape index (κ2) is 5.21. The molecule has 1 saturated heterocycles. The van der Waals surface area contributed by atoms with Crippen LogP contribution in [0.25, 0.3) is 0 Å². The van der Waals surface area contributed by atoms with Gasteiger partial charge in [0.05, 0.1) is 6.04 Å². The number of allylic oxidation sites excluding steroid dienone is 1. The summed E-state index contributed by atoms with van der Waals surface area (Å²) >= 11 is 0. The highest BCUT2D eigenvalue weighted by Gasteiger charge is 2.33. The zero-order valence-electron chi connectivity index (χ0n) is 11.3. The summed E-state index contributed by atoms with van der Waals surface area (Å²) in [6, 6.07) is 0.113. The Morgan fingerprint density at radius 2 is 2.18 bits per heavy atom. The molecule has 0 radical (unpaired) electrons. The zero-order chi connectivity index (χ0) is 12.4. The van der Waals surface area contributed by atoms with Gasteiger partial charge in [-0.1, -0.05) is 27.2 Å². The Hall–Kier alpha value is -0.830. The van der Waals surface area contributed by atoms with Crippen LogP contribution in [0, 0.1) is 5.92 Å². The average Bonchev–Trinajstić information content (AvgIpc) is 2.47. The molecule has 0 spiro atoms. The molecule has 2 rings (SSSR count). The molecule has 0 aliphatic carbocycles. The maximum absolute atomic E-state index is 12.2. The van der Waals surface area contributed by atoms with Crippen molar-refractivity contribution in [1.29, 1.82) is 0 Å². The summed E-state index contributed by atoms with van der Waals surface area (Å²) in [7, 11) is 0. The number of carbonyl (C=O) groups is 1. The summed E-state index contributed by atoms with van der Waals surface area (Å²) in [6.45, 7) is 8.63. The van der Waals surface area contributed by atoms with Crippen LogP contribution in [-0.4, -0.2) is 29.9 Å². The monoisotopic (exact) mass is 236 g/mol. The van der Waals surface area contributed by atoms with E-state index in [1.54, 1.807) is 0 Å². The second-order valence-corrected chi connectivity index (χ2v) is 5.48. The average molecular weight is 236 g/mol. The van der Waals surface area contributed by atoms with Gasteiger partial charge in [-0.15, -0.1) is 0 Å². The Morgan fingerprint density at radius 3 is 2.82 bits per heavy atom. The lowest BCUT2D eigenvalue weighted by Gasteiger charge is -2.33. The minimum absolute atomic E-state index is 0.113. The van der Waals surface area contributed by atoms with Crippen molar-refractivity contribution in [2.75, 3.05) is 13.1 Å². The van der Waals surface area contributed by atoms with Crippen molar-refractivity contribution in [3.63, 3.8) is 0 Å². The van der Waals surface area contributed by atoms with E-state index in [0.29, 0.717) is 5.92 Å². The molecular formula is C14H24N2O. The summed E-state index contributed by atoms with van der Waals surface area (Å²) < 4.78 is 0. The van der Waals surface area contributed by atoms with Crippen LogP contribution in [0.2, 0.25) is 0 Å². The number of carbonyl (C=O) groups excluding carboxylic acids is 1. The summed E-state index contributed by atoms with van der Waals surface area (Å²) in [5.74, 6) is 0.739. The molecule has 2 heterocycles. The Kier molecular flexibility index (Phi) is 3.87. The van der Waals surface area contributed by atoms with E-state index < -0.39 is 0 Å². The fourth-order valence-corrected chi connectivity index (χ4v) is 2.95. The topological polar surface area (TPSA) is 32.3 Å². The molecule has 2 aliphatic heterocycles. The van der Waals surface area contributed by atoms with Crippen molar-refractivity contribution in [3.05, 3.63) is 11.3 Å². The van der Waals surface area contributed by atoms with Gasteiger partial charge in [-0.25, -0.2) is 0 Å². The third-order valence-electron chi connectivity index (χ3n) is 4.00. The fourth-order valence-electron chi connectivity index (χ4n) is 2.95. The predicted octanol–water partition coefficient (Wildman–Crippen LogP) is 2.29. The van der Waals surface area contributed by atoms with Crippen molar-refractivity contribution in [2.45, 2.75) is 52.5 Å². The van der Waals surface area contributed by atoms with Crippen LogP contribution < -0.4 is 5.32 Å². The molecular weight excluding hydrogens is 212 g/mol. The number of nitrogens with one attached hydrogen (secondary N) is 1. The van der Waals surface area contributed by atoms with Crippen molar-refractivity contribution in [1.82, 2.24) is 10.2 Å². The highest BCUT2D eigenvalue weighted by molar-refractivity contribution is 5.84. The molecule has 0 saturated carbocycles. The highest BCUT2D eigenvalue weighted by atomic mass is 16.2. The quantitative estimate of drug-likeness (QED) is 0.798. The molecule has 96 valence electrons. The number of piperidine rings is 1. The van der Waals surface area contributed by atoms with Crippen molar-refractivity contribution < 1.29 is 4.79 Å². The van der Waals surface area contributed by atoms with Gasteiger partial charge in [-0.05, 0) is 37.3 Å². The van der Waals surface area contributed by atoms with Gasteiger partial charge in [-0.2, -0.15) is 0 Å². The minimum atomic E-state index is 0.113. The molecule has 0 aromatic heterocycles. The molecule has 1 amide bonds. The number of hydrogen-bond acceptors (Lipinski definition) is 2. The Morgan fingerprint density at radius 1 is 1.41 bits per heavy atom. The lowest BCUT2D eigenvalue weighted by molar-refractivity contribution is -0.126. The molecule has 0 aromatic carbocycles. The van der Waals surface area contributed by atoms with E-state index >= 15 is 0 Å². The van der Waals surface area contributed by atoms with Crippen LogP contribution in [0.3, 0.4) is 0 Å². The van der Waals surface area contributed by atoms with Gasteiger partial charge < -0.3 is 5.32 Å². The molecule has 0 aromatic rings. The van der Waals surface area contributed by atoms with E-state index in [9.17, 15) is 4.79 Å². The molecule has 1 atom stereocenters. The largest absolute Gasteiger partial charge is 0.328 e. The van der Waals surface area contributed by atoms with Crippen molar-refractivity contribution >= 4 is 5.91 Å². The molecule has 17 heavy (non-hydrogen) atoms. The molecule has 2 aliphatic rings. The first-order valence-corrected chi connectivity index (χ1v) is 6.90. The summed E-state index contributed by atoms with van der Waals surface area (Å²) in [5.41, 5.74) is 2.59. The molecule has 3 nitrogen and oxygen atoms in total. The molecule has 3 heteroatoms. The second-order valence-electron chi connectivity index (χ2n) is 5.48. The lowest BCUT2D eigenvalue weighted by Crippen LogP contribution is -2.47. The smallest absolute Gasteiger partial charge is 0.241 e. The van der Waals surface area contributed by atoms with Gasteiger partial charge in [0.1, 0.15) is 0 Å². The van der Waals surface area contributed by atoms with Crippen LogP contribution in [0.4, 0.5) is 0 Å². The Labute approximate surface area is 104 Å². The minimum Gasteiger partial charge on any atom is -0.328 e. The highest BCUT2D eigenvalue weighted by Crippen LogP contribution is 2.26. The number of nitrogens with zero attached hydrogens (tertiary/aromatic N) is 1. The standard InChI is InChI=1S/C14H24N2O/c1-4-12-11(10(2)3)9-16-8-6-5-7-13(16)14(17)15-12/h10,13H,4-9H2,1-3H3,(H,15,17)/t13-/m0/s1.